The van der Waals surface area contributed by atoms with Crippen molar-refractivity contribution in [1.82, 2.24) is 4.98 Å². The van der Waals surface area contributed by atoms with E-state index >= 15 is 0 Å². The largest absolute Gasteiger partial charge is 0.497 e. The average molecular weight is 253 g/mol. The van der Waals surface area contributed by atoms with Crippen LogP contribution in [0.25, 0.3) is 22.0 Å². The number of aliphatic hydroxyl groups excluding tert-OH is 1. The molecular formula is C16H15NO2. The number of methoxy groups -OCH3 is 1. The highest BCUT2D eigenvalue weighted by Crippen LogP contribution is 2.34. The van der Waals surface area contributed by atoms with Gasteiger partial charge in [-0.2, -0.15) is 0 Å². The van der Waals surface area contributed by atoms with Crippen molar-refractivity contribution in [1.29, 1.82) is 0 Å². The molecule has 0 aliphatic rings. The van der Waals surface area contributed by atoms with Crippen molar-refractivity contribution in [2.24, 2.45) is 0 Å². The second kappa shape index (κ2) is 4.78. The Bertz CT molecular complexity index is 701. The van der Waals surface area contributed by atoms with E-state index < -0.39 is 0 Å². The zero-order valence-corrected chi connectivity index (χ0v) is 10.7. The molecule has 3 aromatic rings. The Morgan fingerprint density at radius 3 is 2.58 bits per heavy atom. The summed E-state index contributed by atoms with van der Waals surface area (Å²) in [6, 6.07) is 15.9. The van der Waals surface area contributed by atoms with Crippen LogP contribution in [0.2, 0.25) is 0 Å². The van der Waals surface area contributed by atoms with Gasteiger partial charge in [0.05, 0.1) is 13.7 Å². The van der Waals surface area contributed by atoms with E-state index in [1.54, 1.807) is 7.11 Å². The second-order valence-electron chi connectivity index (χ2n) is 4.41. The van der Waals surface area contributed by atoms with E-state index in [1.165, 1.54) is 0 Å². The zero-order valence-electron chi connectivity index (χ0n) is 10.7. The van der Waals surface area contributed by atoms with Gasteiger partial charge in [0.15, 0.2) is 0 Å². The molecule has 2 aromatic carbocycles. The minimum atomic E-state index is -0.0127. The second-order valence-corrected chi connectivity index (χ2v) is 4.41. The Hall–Kier alpha value is -2.26. The lowest BCUT2D eigenvalue weighted by molar-refractivity contribution is 0.278. The van der Waals surface area contributed by atoms with Crippen molar-refractivity contribution in [3.63, 3.8) is 0 Å². The minimum Gasteiger partial charge on any atom is -0.497 e. The van der Waals surface area contributed by atoms with E-state index in [4.69, 9.17) is 4.74 Å². The van der Waals surface area contributed by atoms with Gasteiger partial charge in [-0.3, -0.25) is 0 Å². The molecule has 3 nitrogen and oxygen atoms in total. The van der Waals surface area contributed by atoms with E-state index in [2.05, 4.69) is 4.98 Å². The molecule has 0 unspecified atom stereocenters. The highest BCUT2D eigenvalue weighted by atomic mass is 16.5. The van der Waals surface area contributed by atoms with Gasteiger partial charge in [-0.25, -0.2) is 0 Å². The molecule has 2 N–H and O–H groups in total. The van der Waals surface area contributed by atoms with Gasteiger partial charge in [-0.1, -0.05) is 30.3 Å². The molecule has 0 radical (unpaired) electrons. The van der Waals surface area contributed by atoms with Crippen molar-refractivity contribution < 1.29 is 9.84 Å². The molecule has 1 aromatic heterocycles. The molecule has 0 bridgehead atoms. The average Bonchev–Trinajstić information content (AvgIpc) is 2.85. The van der Waals surface area contributed by atoms with Gasteiger partial charge in [-0.05, 0) is 23.8 Å². The Kier molecular flexibility index (Phi) is 2.97. The predicted molar refractivity (Wildman–Crippen MR) is 76.2 cm³/mol. The molecule has 0 aliphatic carbocycles. The summed E-state index contributed by atoms with van der Waals surface area (Å²) in [6.45, 7) is -0.0127. The van der Waals surface area contributed by atoms with Crippen molar-refractivity contribution in [3.8, 4) is 16.9 Å². The lowest BCUT2D eigenvalue weighted by Crippen LogP contribution is -1.86. The van der Waals surface area contributed by atoms with Crippen LogP contribution in [0.5, 0.6) is 5.75 Å². The number of rotatable bonds is 3. The number of hydrogen-bond acceptors (Lipinski definition) is 2. The van der Waals surface area contributed by atoms with Gasteiger partial charge in [0, 0.05) is 22.2 Å². The summed E-state index contributed by atoms with van der Waals surface area (Å²) in [7, 11) is 1.66. The Balaban J connectivity index is 2.31. The third-order valence-corrected chi connectivity index (χ3v) is 3.30. The Morgan fingerprint density at radius 2 is 1.89 bits per heavy atom. The minimum absolute atomic E-state index is 0.0127. The van der Waals surface area contributed by atoms with Crippen LogP contribution in [0.1, 0.15) is 5.69 Å². The predicted octanol–water partition coefficient (Wildman–Crippen LogP) is 3.34. The summed E-state index contributed by atoms with van der Waals surface area (Å²) < 4.78 is 5.28. The summed E-state index contributed by atoms with van der Waals surface area (Å²) in [5.74, 6) is 0.813. The number of hydrogen-bond donors (Lipinski definition) is 2. The molecule has 3 rings (SSSR count). The number of ether oxygens (including phenoxy) is 1. The summed E-state index contributed by atoms with van der Waals surface area (Å²) in [4.78, 5) is 3.26. The number of nitrogens with one attached hydrogen (secondary N) is 1. The number of H-pyrrole nitrogens is 1. The summed E-state index contributed by atoms with van der Waals surface area (Å²) in [6.07, 6.45) is 0. The summed E-state index contributed by atoms with van der Waals surface area (Å²) >= 11 is 0. The van der Waals surface area contributed by atoms with Crippen molar-refractivity contribution in [3.05, 3.63) is 54.2 Å². The number of aliphatic hydroxyl groups is 1. The summed E-state index contributed by atoms with van der Waals surface area (Å²) in [5, 5.41) is 10.6. The molecule has 0 saturated heterocycles. The van der Waals surface area contributed by atoms with Crippen LogP contribution in [-0.2, 0) is 6.61 Å². The van der Waals surface area contributed by atoms with E-state index in [0.29, 0.717) is 0 Å². The first-order valence-electron chi connectivity index (χ1n) is 6.18. The molecule has 3 heteroatoms. The third kappa shape index (κ3) is 1.98. The first-order chi connectivity index (χ1) is 9.33. The lowest BCUT2D eigenvalue weighted by atomic mass is 10.0. The van der Waals surface area contributed by atoms with Gasteiger partial charge in [-0.15, -0.1) is 0 Å². The fourth-order valence-corrected chi connectivity index (χ4v) is 2.41. The number of benzene rings is 2. The molecule has 19 heavy (non-hydrogen) atoms. The van der Waals surface area contributed by atoms with E-state index in [0.717, 1.165) is 33.5 Å². The van der Waals surface area contributed by atoms with Gasteiger partial charge in [0.2, 0.25) is 0 Å². The fraction of sp³-hybridized carbons (Fsp3) is 0.125. The van der Waals surface area contributed by atoms with Crippen molar-refractivity contribution in [2.45, 2.75) is 6.61 Å². The Morgan fingerprint density at radius 1 is 1.11 bits per heavy atom. The van der Waals surface area contributed by atoms with E-state index in [-0.39, 0.29) is 6.61 Å². The molecule has 0 amide bonds. The molecule has 0 fully saturated rings. The van der Waals surface area contributed by atoms with Gasteiger partial charge < -0.3 is 14.8 Å². The lowest BCUT2D eigenvalue weighted by Gasteiger charge is -2.04. The standard InChI is InChI=1S/C16H15NO2/c1-19-12-7-8-14-13(9-12)16(15(10-18)17-14)11-5-3-2-4-6-11/h2-9,17-18H,10H2,1H3. The van der Waals surface area contributed by atoms with Gasteiger partial charge in [0.1, 0.15) is 5.75 Å². The van der Waals surface area contributed by atoms with Gasteiger partial charge in [0.25, 0.3) is 0 Å². The van der Waals surface area contributed by atoms with Crippen LogP contribution in [0.15, 0.2) is 48.5 Å². The number of aromatic amines is 1. The Labute approximate surface area is 111 Å². The van der Waals surface area contributed by atoms with Crippen LogP contribution in [0.3, 0.4) is 0 Å². The molecule has 96 valence electrons. The van der Waals surface area contributed by atoms with Crippen LogP contribution >= 0.6 is 0 Å². The first kappa shape index (κ1) is 11.8. The molecular weight excluding hydrogens is 238 g/mol. The maximum absolute atomic E-state index is 9.54. The smallest absolute Gasteiger partial charge is 0.119 e. The van der Waals surface area contributed by atoms with E-state index in [1.807, 2.05) is 48.5 Å². The number of aromatic nitrogens is 1. The molecule has 0 spiro atoms. The SMILES string of the molecule is COc1ccc2[nH]c(CO)c(-c3ccccc3)c2c1. The molecule has 0 saturated carbocycles. The maximum atomic E-state index is 9.54. The van der Waals surface area contributed by atoms with Gasteiger partial charge >= 0.3 is 0 Å². The highest BCUT2D eigenvalue weighted by Gasteiger charge is 2.13. The van der Waals surface area contributed by atoms with Crippen molar-refractivity contribution in [2.75, 3.05) is 7.11 Å². The first-order valence-corrected chi connectivity index (χ1v) is 6.18. The molecule has 1 heterocycles. The fourth-order valence-electron chi connectivity index (χ4n) is 2.41. The quantitative estimate of drug-likeness (QED) is 0.752. The molecule has 0 atom stereocenters. The van der Waals surface area contributed by atoms with Crippen LogP contribution in [0.4, 0.5) is 0 Å². The van der Waals surface area contributed by atoms with Crippen LogP contribution < -0.4 is 4.74 Å². The van der Waals surface area contributed by atoms with Crippen LogP contribution in [-0.4, -0.2) is 17.2 Å². The zero-order chi connectivity index (χ0) is 13.2. The summed E-state index contributed by atoms with van der Waals surface area (Å²) in [5.41, 5.74) is 3.96. The topological polar surface area (TPSA) is 45.2 Å². The highest BCUT2D eigenvalue weighted by molar-refractivity contribution is 5.98. The van der Waals surface area contributed by atoms with Crippen molar-refractivity contribution >= 4 is 10.9 Å². The van der Waals surface area contributed by atoms with Crippen LogP contribution in [0, 0.1) is 0 Å². The third-order valence-electron chi connectivity index (χ3n) is 3.30. The molecule has 0 aliphatic heterocycles. The monoisotopic (exact) mass is 253 g/mol. The number of fused-ring (bicyclic) bond motifs is 1. The van der Waals surface area contributed by atoms with E-state index in [9.17, 15) is 5.11 Å². The maximum Gasteiger partial charge on any atom is 0.119 e. The normalized spacial score (nSPS) is 10.8.